The topological polar surface area (TPSA) is 140 Å². The number of carbonyl (C=O) groups excluding carboxylic acids is 2. The zero-order valence-corrected chi connectivity index (χ0v) is 22.6. The lowest BCUT2D eigenvalue weighted by atomic mass is 9.81. The molecule has 0 spiro atoms. The molecule has 1 aliphatic carbocycles. The van der Waals surface area contributed by atoms with Gasteiger partial charge < -0.3 is 20.3 Å². The molecule has 0 unspecified atom stereocenters. The van der Waals surface area contributed by atoms with Gasteiger partial charge in [-0.1, -0.05) is 0 Å². The third kappa shape index (κ3) is 6.39. The second-order valence-electron chi connectivity index (χ2n) is 10.5. The number of hydrogen-bond donors (Lipinski definition) is 2. The SMILES string of the molecule is COC[C@H](c1cnn2cc([C@@H](NC(=O)c3nonc3C(F)(F)F)C3CCC(F)(F)CC3)nc2c1)N1C[C@@H](C(F)(F)F)NC1=O. The summed E-state index contributed by atoms with van der Waals surface area (Å²) in [6, 6.07) is -3.86. The van der Waals surface area contributed by atoms with Gasteiger partial charge in [-0.2, -0.15) is 31.4 Å². The standard InChI is InChI=1S/C24H24F8N8O4/c1-43-10-14(39-9-15(23(27,28)29)35-21(39)42)12-6-16-34-13(8-40(16)33-7-12)17(11-2-4-22(25,26)5-3-11)36-20(41)18-19(24(30,31)32)38-44-37-18/h6-8,11,14-15,17H,2-5,9-10H2,1H3,(H,35,42)(H,36,41)/t14-,15+,17+/m1/s1. The molecule has 3 amide bonds. The molecule has 0 radical (unpaired) electrons. The normalized spacial score (nSPS) is 21.0. The van der Waals surface area contributed by atoms with Crippen molar-refractivity contribution in [1.82, 2.24) is 40.4 Å². The molecule has 0 bridgehead atoms. The van der Waals surface area contributed by atoms with E-state index in [2.05, 4.69) is 30.3 Å². The van der Waals surface area contributed by atoms with Crippen LogP contribution in [0.3, 0.4) is 0 Å². The maximum Gasteiger partial charge on any atom is 0.439 e. The van der Waals surface area contributed by atoms with Crippen molar-refractivity contribution >= 4 is 17.6 Å². The predicted octanol–water partition coefficient (Wildman–Crippen LogP) is 4.07. The van der Waals surface area contributed by atoms with E-state index in [0.717, 1.165) is 4.90 Å². The van der Waals surface area contributed by atoms with Crippen LogP contribution in [0.15, 0.2) is 23.1 Å². The van der Waals surface area contributed by atoms with Gasteiger partial charge in [-0.05, 0) is 35.1 Å². The van der Waals surface area contributed by atoms with E-state index in [1.807, 2.05) is 5.32 Å². The molecule has 20 heteroatoms. The minimum absolute atomic E-state index is 0.0579. The van der Waals surface area contributed by atoms with Gasteiger partial charge >= 0.3 is 18.4 Å². The van der Waals surface area contributed by atoms with Gasteiger partial charge in [0.25, 0.3) is 5.91 Å². The van der Waals surface area contributed by atoms with E-state index in [1.54, 1.807) is 0 Å². The number of ether oxygens (including phenoxy) is 1. The zero-order chi connectivity index (χ0) is 32.0. The second kappa shape index (κ2) is 11.4. The van der Waals surface area contributed by atoms with E-state index in [9.17, 15) is 44.7 Å². The summed E-state index contributed by atoms with van der Waals surface area (Å²) in [5.41, 5.74) is -2.44. The van der Waals surface area contributed by atoms with Crippen molar-refractivity contribution in [3.8, 4) is 0 Å². The van der Waals surface area contributed by atoms with Gasteiger partial charge in [0.15, 0.2) is 5.65 Å². The van der Waals surface area contributed by atoms with Gasteiger partial charge in [0.1, 0.15) is 6.04 Å². The summed E-state index contributed by atoms with van der Waals surface area (Å²) in [5.74, 6) is -4.96. The minimum Gasteiger partial charge on any atom is -0.382 e. The van der Waals surface area contributed by atoms with Crippen molar-refractivity contribution in [2.24, 2.45) is 5.92 Å². The summed E-state index contributed by atoms with van der Waals surface area (Å²) in [7, 11) is 1.29. The number of methoxy groups -OCH3 is 1. The summed E-state index contributed by atoms with van der Waals surface area (Å²) in [5, 5.41) is 14.3. The van der Waals surface area contributed by atoms with Gasteiger partial charge in [0, 0.05) is 25.5 Å². The zero-order valence-electron chi connectivity index (χ0n) is 22.6. The average molecular weight is 640 g/mol. The summed E-state index contributed by atoms with van der Waals surface area (Å²) >= 11 is 0. The largest absolute Gasteiger partial charge is 0.439 e. The van der Waals surface area contributed by atoms with Crippen molar-refractivity contribution in [2.75, 3.05) is 20.3 Å². The Labute approximate surface area is 242 Å². The van der Waals surface area contributed by atoms with Crippen LogP contribution in [0.5, 0.6) is 0 Å². The molecule has 2 fully saturated rings. The van der Waals surface area contributed by atoms with Gasteiger partial charge in [-0.15, -0.1) is 0 Å². The van der Waals surface area contributed by atoms with Gasteiger partial charge in [-0.25, -0.2) is 27.7 Å². The molecule has 2 aliphatic rings. The van der Waals surface area contributed by atoms with Crippen molar-refractivity contribution in [1.29, 1.82) is 0 Å². The van der Waals surface area contributed by atoms with E-state index < -0.39 is 85.0 Å². The number of fused-ring (bicyclic) bond motifs is 1. The van der Waals surface area contributed by atoms with Crippen LogP contribution in [0.25, 0.3) is 5.65 Å². The van der Waals surface area contributed by atoms with Crippen LogP contribution in [-0.2, 0) is 10.9 Å². The van der Waals surface area contributed by atoms with E-state index in [-0.39, 0.29) is 36.4 Å². The fraction of sp³-hybridized carbons (Fsp3) is 0.583. The van der Waals surface area contributed by atoms with Gasteiger partial charge in [0.05, 0.1) is 43.3 Å². The molecular formula is C24H24F8N8O4. The highest BCUT2D eigenvalue weighted by molar-refractivity contribution is 5.93. The number of amides is 3. The maximum atomic E-state index is 13.9. The van der Waals surface area contributed by atoms with Gasteiger partial charge in [0.2, 0.25) is 17.3 Å². The Morgan fingerprint density at radius 2 is 1.91 bits per heavy atom. The monoisotopic (exact) mass is 640 g/mol. The van der Waals surface area contributed by atoms with Crippen molar-refractivity contribution in [3.05, 3.63) is 41.1 Å². The molecule has 0 aromatic carbocycles. The van der Waals surface area contributed by atoms with Crippen molar-refractivity contribution in [2.45, 2.75) is 62.1 Å². The summed E-state index contributed by atoms with van der Waals surface area (Å²) in [4.78, 5) is 30.7. The Bertz CT molecular complexity index is 1510. The Hall–Kier alpha value is -4.10. The van der Waals surface area contributed by atoms with E-state index >= 15 is 0 Å². The quantitative estimate of drug-likeness (QED) is 0.352. The fourth-order valence-electron chi connectivity index (χ4n) is 5.34. The Morgan fingerprint density at radius 3 is 2.52 bits per heavy atom. The molecule has 240 valence electrons. The number of rotatable bonds is 8. The first-order valence-corrected chi connectivity index (χ1v) is 13.1. The first-order chi connectivity index (χ1) is 20.6. The first-order valence-electron chi connectivity index (χ1n) is 13.1. The number of aromatic nitrogens is 5. The highest BCUT2D eigenvalue weighted by atomic mass is 19.4. The number of urea groups is 1. The molecule has 4 heterocycles. The number of imidazole rings is 1. The van der Waals surface area contributed by atoms with Crippen molar-refractivity contribution < 1.29 is 54.1 Å². The number of hydrogen-bond acceptors (Lipinski definition) is 8. The third-order valence-electron chi connectivity index (χ3n) is 7.59. The highest BCUT2D eigenvalue weighted by Crippen LogP contribution is 2.42. The summed E-state index contributed by atoms with van der Waals surface area (Å²) in [6.45, 7) is -0.899. The smallest absolute Gasteiger partial charge is 0.382 e. The van der Waals surface area contributed by atoms with E-state index in [4.69, 9.17) is 4.74 Å². The van der Waals surface area contributed by atoms with Crippen LogP contribution in [-0.4, -0.2) is 80.2 Å². The third-order valence-corrected chi connectivity index (χ3v) is 7.59. The molecule has 44 heavy (non-hydrogen) atoms. The Morgan fingerprint density at radius 1 is 1.20 bits per heavy atom. The molecule has 1 saturated heterocycles. The fourth-order valence-corrected chi connectivity index (χ4v) is 5.34. The van der Waals surface area contributed by atoms with Crippen LogP contribution < -0.4 is 10.6 Å². The number of halogens is 8. The van der Waals surface area contributed by atoms with Crippen LogP contribution >= 0.6 is 0 Å². The minimum atomic E-state index is -5.07. The summed E-state index contributed by atoms with van der Waals surface area (Å²) < 4.78 is 118. The summed E-state index contributed by atoms with van der Waals surface area (Å²) in [6.07, 6.45) is -8.43. The van der Waals surface area contributed by atoms with Crippen LogP contribution in [0.1, 0.15) is 65.2 Å². The Kier molecular flexibility index (Phi) is 8.14. The second-order valence-corrected chi connectivity index (χ2v) is 10.5. The first kappa shape index (κ1) is 31.3. The molecule has 3 atom stereocenters. The molecular weight excluding hydrogens is 616 g/mol. The number of carbonyl (C=O) groups is 2. The predicted molar refractivity (Wildman–Crippen MR) is 129 cm³/mol. The molecule has 3 aromatic heterocycles. The maximum absolute atomic E-state index is 13.9. The molecule has 12 nitrogen and oxygen atoms in total. The number of nitrogens with zero attached hydrogens (tertiary/aromatic N) is 6. The molecule has 3 aromatic rings. The average Bonchev–Trinajstić information content (AvgIpc) is 3.68. The number of nitrogens with one attached hydrogen (secondary N) is 2. The van der Waals surface area contributed by atoms with Crippen LogP contribution in [0.2, 0.25) is 0 Å². The van der Waals surface area contributed by atoms with E-state index in [0.29, 0.717) is 0 Å². The van der Waals surface area contributed by atoms with Gasteiger partial charge in [-0.3, -0.25) is 4.79 Å². The lowest BCUT2D eigenvalue weighted by Crippen LogP contribution is -2.40. The molecule has 1 aliphatic heterocycles. The number of alkyl halides is 8. The molecule has 5 rings (SSSR count). The highest BCUT2D eigenvalue weighted by Gasteiger charge is 2.49. The van der Waals surface area contributed by atoms with Crippen LogP contribution in [0, 0.1) is 5.92 Å². The Balaban J connectivity index is 1.46. The lowest BCUT2D eigenvalue weighted by Gasteiger charge is -2.33. The molecule has 1 saturated carbocycles. The van der Waals surface area contributed by atoms with Crippen LogP contribution in [0.4, 0.5) is 39.9 Å². The van der Waals surface area contributed by atoms with E-state index in [1.165, 1.54) is 30.1 Å². The molecule has 2 N–H and O–H groups in total. The van der Waals surface area contributed by atoms with Crippen molar-refractivity contribution in [3.63, 3.8) is 0 Å². The lowest BCUT2D eigenvalue weighted by molar-refractivity contribution is -0.150.